The smallest absolute Gasteiger partial charge is 0.242 e. The minimum absolute atomic E-state index is 0.175. The highest BCUT2D eigenvalue weighted by molar-refractivity contribution is 6.24. The summed E-state index contributed by atoms with van der Waals surface area (Å²) in [5.41, 5.74) is 2.51. The highest BCUT2D eigenvalue weighted by Crippen LogP contribution is 2.39. The molecule has 5 heteroatoms. The first-order valence-corrected chi connectivity index (χ1v) is 8.73. The topological polar surface area (TPSA) is 51.5 Å². The van der Waals surface area contributed by atoms with Gasteiger partial charge in [-0.3, -0.25) is 9.59 Å². The van der Waals surface area contributed by atoms with E-state index in [9.17, 15) is 9.59 Å². The Labute approximate surface area is 151 Å². The van der Waals surface area contributed by atoms with Crippen LogP contribution in [0.2, 0.25) is 0 Å². The van der Waals surface area contributed by atoms with Gasteiger partial charge in [0.1, 0.15) is 5.75 Å². The fraction of sp³-hybridized carbons (Fsp3) is 0.238. The molecule has 0 unspecified atom stereocenters. The molecule has 1 fully saturated rings. The highest BCUT2D eigenvalue weighted by Gasteiger charge is 2.42. The van der Waals surface area contributed by atoms with Crippen molar-refractivity contribution < 1.29 is 14.3 Å². The Morgan fingerprint density at radius 1 is 1.08 bits per heavy atom. The van der Waals surface area contributed by atoms with Crippen molar-refractivity contribution in [2.45, 2.75) is 25.8 Å². The van der Waals surface area contributed by atoms with Gasteiger partial charge in [0.15, 0.2) is 0 Å². The quantitative estimate of drug-likeness (QED) is 0.675. The monoisotopic (exact) mass is 348 g/mol. The number of hydrogen-bond donors (Lipinski definition) is 0. The summed E-state index contributed by atoms with van der Waals surface area (Å²) in [6.07, 6.45) is 2.18. The van der Waals surface area contributed by atoms with E-state index in [1.54, 1.807) is 18.2 Å². The third-order valence-corrected chi connectivity index (χ3v) is 5.01. The first-order chi connectivity index (χ1) is 12.7. The average Bonchev–Trinajstić information content (AvgIpc) is 3.18. The van der Waals surface area contributed by atoms with E-state index in [0.29, 0.717) is 11.4 Å². The zero-order valence-electron chi connectivity index (χ0n) is 14.8. The minimum atomic E-state index is -0.467. The number of carbonyl (C=O) groups excluding carboxylic acids is 2. The molecule has 5 nitrogen and oxygen atoms in total. The summed E-state index contributed by atoms with van der Waals surface area (Å²) >= 11 is 0. The van der Waals surface area contributed by atoms with Gasteiger partial charge in [0, 0.05) is 30.1 Å². The molecule has 3 aromatic rings. The number of rotatable bonds is 4. The van der Waals surface area contributed by atoms with Crippen molar-refractivity contribution in [3.8, 4) is 5.75 Å². The molecule has 1 atom stereocenters. The zero-order valence-corrected chi connectivity index (χ0v) is 14.8. The van der Waals surface area contributed by atoms with Gasteiger partial charge in [-0.05, 0) is 30.7 Å². The molecule has 26 heavy (non-hydrogen) atoms. The molecule has 2 aromatic carbocycles. The molecule has 0 bridgehead atoms. The van der Waals surface area contributed by atoms with E-state index in [4.69, 9.17) is 4.74 Å². The lowest BCUT2D eigenvalue weighted by molar-refractivity contribution is -0.121. The molecule has 0 saturated carbocycles. The average molecular weight is 348 g/mol. The lowest BCUT2D eigenvalue weighted by atomic mass is 9.97. The number of para-hydroxylation sites is 3. The van der Waals surface area contributed by atoms with Crippen molar-refractivity contribution in [2.24, 2.45) is 0 Å². The summed E-state index contributed by atoms with van der Waals surface area (Å²) in [6, 6.07) is 15.1. The Kier molecular flexibility index (Phi) is 3.99. The fourth-order valence-corrected chi connectivity index (χ4v) is 3.76. The third-order valence-electron chi connectivity index (χ3n) is 5.01. The number of carbonyl (C=O) groups is 2. The van der Waals surface area contributed by atoms with E-state index in [2.05, 4.69) is 11.5 Å². The standard InChI is InChI=1S/C21H20N2O3/c1-3-22-13-16(14-8-4-5-9-17(14)22)15-12-20(24)23(21(15)25)18-10-6-7-11-19(18)26-2/h4-11,13,15H,3,12H2,1-2H3/t15-/m0/s1. The second-order valence-corrected chi connectivity index (χ2v) is 6.38. The Hall–Kier alpha value is -3.08. The van der Waals surface area contributed by atoms with Crippen LogP contribution in [0.25, 0.3) is 10.9 Å². The molecule has 4 rings (SSSR count). The first-order valence-electron chi connectivity index (χ1n) is 8.73. The predicted molar refractivity (Wildman–Crippen MR) is 100 cm³/mol. The van der Waals surface area contributed by atoms with Crippen LogP contribution in [0, 0.1) is 0 Å². The predicted octanol–water partition coefficient (Wildman–Crippen LogP) is 3.72. The molecule has 0 aliphatic carbocycles. The van der Waals surface area contributed by atoms with E-state index < -0.39 is 5.92 Å². The van der Waals surface area contributed by atoms with Crippen LogP contribution in [0.4, 0.5) is 5.69 Å². The first kappa shape index (κ1) is 16.4. The molecular formula is C21H20N2O3. The van der Waals surface area contributed by atoms with E-state index in [1.165, 1.54) is 12.0 Å². The number of amides is 2. The number of aryl methyl sites for hydroxylation is 1. The molecule has 132 valence electrons. The van der Waals surface area contributed by atoms with Gasteiger partial charge >= 0.3 is 0 Å². The van der Waals surface area contributed by atoms with Crippen LogP contribution in [0.15, 0.2) is 54.7 Å². The van der Waals surface area contributed by atoms with Crippen molar-refractivity contribution in [1.82, 2.24) is 4.57 Å². The van der Waals surface area contributed by atoms with Gasteiger partial charge in [0.05, 0.1) is 18.7 Å². The lowest BCUT2D eigenvalue weighted by Crippen LogP contribution is -2.30. The van der Waals surface area contributed by atoms with E-state index >= 15 is 0 Å². The fourth-order valence-electron chi connectivity index (χ4n) is 3.76. The third kappa shape index (κ3) is 2.39. The summed E-state index contributed by atoms with van der Waals surface area (Å²) in [7, 11) is 1.54. The second kappa shape index (κ2) is 6.33. The van der Waals surface area contributed by atoms with Crippen LogP contribution >= 0.6 is 0 Å². The van der Waals surface area contributed by atoms with Gasteiger partial charge in [0.2, 0.25) is 11.8 Å². The van der Waals surface area contributed by atoms with E-state index in [1.807, 2.05) is 36.5 Å². The largest absolute Gasteiger partial charge is 0.495 e. The van der Waals surface area contributed by atoms with Gasteiger partial charge in [-0.15, -0.1) is 0 Å². The van der Waals surface area contributed by atoms with Crippen molar-refractivity contribution in [2.75, 3.05) is 12.0 Å². The molecule has 2 heterocycles. The van der Waals surface area contributed by atoms with Crippen LogP contribution < -0.4 is 9.64 Å². The molecule has 1 saturated heterocycles. The number of methoxy groups -OCH3 is 1. The molecule has 0 N–H and O–H groups in total. The molecule has 1 aliphatic rings. The number of fused-ring (bicyclic) bond motifs is 1. The summed E-state index contributed by atoms with van der Waals surface area (Å²) < 4.78 is 7.46. The number of nitrogens with zero attached hydrogens (tertiary/aromatic N) is 2. The Morgan fingerprint density at radius 3 is 2.58 bits per heavy atom. The summed E-state index contributed by atoms with van der Waals surface area (Å²) in [6.45, 7) is 2.88. The molecule has 1 aromatic heterocycles. The number of benzene rings is 2. The molecule has 2 amide bonds. The van der Waals surface area contributed by atoms with Crippen molar-refractivity contribution in [3.63, 3.8) is 0 Å². The van der Waals surface area contributed by atoms with Crippen molar-refractivity contribution >= 4 is 28.4 Å². The lowest BCUT2D eigenvalue weighted by Gasteiger charge is -2.17. The van der Waals surface area contributed by atoms with Gasteiger partial charge in [-0.25, -0.2) is 4.90 Å². The summed E-state index contributed by atoms with van der Waals surface area (Å²) in [5.74, 6) is -0.340. The van der Waals surface area contributed by atoms with Crippen LogP contribution in [-0.4, -0.2) is 23.5 Å². The van der Waals surface area contributed by atoms with Crippen molar-refractivity contribution in [1.29, 1.82) is 0 Å². The summed E-state index contributed by atoms with van der Waals surface area (Å²) in [5, 5.41) is 1.03. The van der Waals surface area contributed by atoms with Crippen LogP contribution in [0.5, 0.6) is 5.75 Å². The second-order valence-electron chi connectivity index (χ2n) is 6.38. The van der Waals surface area contributed by atoms with Crippen molar-refractivity contribution in [3.05, 3.63) is 60.3 Å². The molecule has 1 aliphatic heterocycles. The van der Waals surface area contributed by atoms with Crippen LogP contribution in [-0.2, 0) is 16.1 Å². The Morgan fingerprint density at radius 2 is 1.81 bits per heavy atom. The van der Waals surface area contributed by atoms with E-state index in [0.717, 1.165) is 23.0 Å². The van der Waals surface area contributed by atoms with Gasteiger partial charge in [-0.1, -0.05) is 30.3 Å². The maximum Gasteiger partial charge on any atom is 0.242 e. The zero-order chi connectivity index (χ0) is 18.3. The van der Waals surface area contributed by atoms with Gasteiger partial charge in [0.25, 0.3) is 0 Å². The molecular weight excluding hydrogens is 328 g/mol. The molecule has 0 radical (unpaired) electrons. The maximum atomic E-state index is 13.2. The SMILES string of the molecule is CCn1cc([C@@H]2CC(=O)N(c3ccccc3OC)C2=O)c2ccccc21. The summed E-state index contributed by atoms with van der Waals surface area (Å²) in [4.78, 5) is 27.1. The Bertz CT molecular complexity index is 1010. The number of anilines is 1. The Balaban J connectivity index is 1.79. The number of hydrogen-bond acceptors (Lipinski definition) is 3. The van der Waals surface area contributed by atoms with Gasteiger partial charge in [-0.2, -0.15) is 0 Å². The normalized spacial score (nSPS) is 17.3. The van der Waals surface area contributed by atoms with Gasteiger partial charge < -0.3 is 9.30 Å². The highest BCUT2D eigenvalue weighted by atomic mass is 16.5. The number of aromatic nitrogens is 1. The number of imide groups is 1. The number of ether oxygens (including phenoxy) is 1. The van der Waals surface area contributed by atoms with E-state index in [-0.39, 0.29) is 18.2 Å². The molecule has 0 spiro atoms. The van der Waals surface area contributed by atoms with Crippen LogP contribution in [0.3, 0.4) is 0 Å². The minimum Gasteiger partial charge on any atom is -0.495 e. The van der Waals surface area contributed by atoms with Crippen LogP contribution in [0.1, 0.15) is 24.8 Å². The maximum absolute atomic E-state index is 13.2.